The molecule has 0 amide bonds. The molecule has 0 aromatic heterocycles. The molecule has 5 rings (SSSR count). The van der Waals surface area contributed by atoms with Crippen molar-refractivity contribution in [3.63, 3.8) is 0 Å². The molecule has 6 nitrogen and oxygen atoms in total. The molecule has 0 spiro atoms. The molecule has 2 aromatic carbocycles. The Labute approximate surface area is 162 Å². The molecule has 2 bridgehead atoms. The van der Waals surface area contributed by atoms with Crippen molar-refractivity contribution < 1.29 is 20.4 Å². The summed E-state index contributed by atoms with van der Waals surface area (Å²) >= 11 is 0. The van der Waals surface area contributed by atoms with Gasteiger partial charge < -0.3 is 20.4 Å². The number of aromatic hydroxyl groups is 4. The van der Waals surface area contributed by atoms with Gasteiger partial charge in [-0.05, 0) is 41.8 Å². The van der Waals surface area contributed by atoms with Crippen LogP contribution in [0.5, 0.6) is 23.0 Å². The maximum atomic E-state index is 10.1. The number of allylic oxidation sites excluding steroid dienone is 1. The van der Waals surface area contributed by atoms with E-state index in [1.165, 1.54) is 12.1 Å². The first-order valence-corrected chi connectivity index (χ1v) is 9.40. The number of hydrogen-bond acceptors (Lipinski definition) is 6. The standard InChI is InChI=1S/C22H22N2O4/c1-20(2)21(12-6-14(25)10-15(26)7-12)18-4-3-5-19(18)22(20,24-23-21)13-8-16(27)11-17(28)9-13/h3-4,6-11,18-19,25-28H,5H2,1-2H3/t18-,19+,21-,22+/m0/s1. The average molecular weight is 378 g/mol. The zero-order valence-corrected chi connectivity index (χ0v) is 15.7. The molecule has 2 aliphatic carbocycles. The second-order valence-corrected chi connectivity index (χ2v) is 8.63. The summed E-state index contributed by atoms with van der Waals surface area (Å²) in [6.07, 6.45) is 5.07. The van der Waals surface area contributed by atoms with E-state index in [2.05, 4.69) is 26.0 Å². The van der Waals surface area contributed by atoms with Crippen molar-refractivity contribution in [2.45, 2.75) is 31.3 Å². The fraction of sp³-hybridized carbons (Fsp3) is 0.364. The van der Waals surface area contributed by atoms with Gasteiger partial charge in [-0.2, -0.15) is 10.2 Å². The van der Waals surface area contributed by atoms with Crippen LogP contribution in [0.15, 0.2) is 58.8 Å². The van der Waals surface area contributed by atoms with E-state index in [-0.39, 0.29) is 34.8 Å². The van der Waals surface area contributed by atoms with Gasteiger partial charge in [0.25, 0.3) is 0 Å². The lowest BCUT2D eigenvalue weighted by molar-refractivity contribution is 0.149. The molecule has 1 fully saturated rings. The van der Waals surface area contributed by atoms with Crippen molar-refractivity contribution in [3.8, 4) is 23.0 Å². The van der Waals surface area contributed by atoms with Gasteiger partial charge in [0, 0.05) is 29.4 Å². The average Bonchev–Trinajstić information content (AvgIpc) is 3.20. The van der Waals surface area contributed by atoms with Gasteiger partial charge in [-0.1, -0.05) is 26.0 Å². The Morgan fingerprint density at radius 1 is 0.750 bits per heavy atom. The van der Waals surface area contributed by atoms with Crippen LogP contribution in [-0.4, -0.2) is 20.4 Å². The van der Waals surface area contributed by atoms with Crippen molar-refractivity contribution in [1.82, 2.24) is 0 Å². The molecule has 0 saturated heterocycles. The summed E-state index contributed by atoms with van der Waals surface area (Å²) in [7, 11) is 0. The maximum absolute atomic E-state index is 10.1. The lowest BCUT2D eigenvalue weighted by Gasteiger charge is -2.41. The Kier molecular flexibility index (Phi) is 3.10. The number of phenolic OH excluding ortho intramolecular Hbond substituents is 4. The minimum Gasteiger partial charge on any atom is -0.508 e. The molecule has 1 saturated carbocycles. The fourth-order valence-corrected chi connectivity index (χ4v) is 6.11. The highest BCUT2D eigenvalue weighted by Gasteiger charge is 2.77. The SMILES string of the molecule is CC1(C)[C@]2(c3cc(O)cc(O)c3)N=N[C@@]1(c1cc(O)cc(O)c1)[C@H]1C=CC[C@H]12. The number of phenols is 4. The quantitative estimate of drug-likeness (QED) is 0.585. The third-order valence-electron chi connectivity index (χ3n) is 7.14. The maximum Gasteiger partial charge on any atom is 0.121 e. The smallest absolute Gasteiger partial charge is 0.121 e. The van der Waals surface area contributed by atoms with Gasteiger partial charge in [-0.15, -0.1) is 0 Å². The summed E-state index contributed by atoms with van der Waals surface area (Å²) in [4.78, 5) is 0. The minimum absolute atomic E-state index is 0.0164. The van der Waals surface area contributed by atoms with Crippen molar-refractivity contribution >= 4 is 0 Å². The van der Waals surface area contributed by atoms with Gasteiger partial charge >= 0.3 is 0 Å². The van der Waals surface area contributed by atoms with E-state index in [1.807, 2.05) is 0 Å². The van der Waals surface area contributed by atoms with E-state index in [4.69, 9.17) is 10.2 Å². The highest BCUT2D eigenvalue weighted by Crippen LogP contribution is 2.76. The van der Waals surface area contributed by atoms with Crippen LogP contribution in [0.2, 0.25) is 0 Å². The summed E-state index contributed by atoms with van der Waals surface area (Å²) in [5.41, 5.74) is -0.633. The molecule has 3 aliphatic rings. The fourth-order valence-electron chi connectivity index (χ4n) is 6.11. The number of azo groups is 1. The van der Waals surface area contributed by atoms with Crippen LogP contribution < -0.4 is 0 Å². The van der Waals surface area contributed by atoms with Gasteiger partial charge in [0.1, 0.15) is 34.1 Å². The van der Waals surface area contributed by atoms with Crippen molar-refractivity contribution in [3.05, 3.63) is 59.7 Å². The molecule has 4 N–H and O–H groups in total. The second kappa shape index (κ2) is 5.07. The monoisotopic (exact) mass is 378 g/mol. The molecule has 4 atom stereocenters. The van der Waals surface area contributed by atoms with E-state index >= 15 is 0 Å². The lowest BCUT2D eigenvalue weighted by atomic mass is 9.61. The van der Waals surface area contributed by atoms with Gasteiger partial charge in [0.2, 0.25) is 0 Å². The normalized spacial score (nSPS) is 34.1. The van der Waals surface area contributed by atoms with Gasteiger partial charge in [-0.25, -0.2) is 0 Å². The van der Waals surface area contributed by atoms with Crippen LogP contribution in [0.3, 0.4) is 0 Å². The summed E-state index contributed by atoms with van der Waals surface area (Å²) in [5.74, 6) is 0.0348. The van der Waals surface area contributed by atoms with Crippen LogP contribution in [0.25, 0.3) is 0 Å². The van der Waals surface area contributed by atoms with E-state index in [0.29, 0.717) is 5.56 Å². The van der Waals surface area contributed by atoms with Crippen LogP contribution in [0.1, 0.15) is 31.4 Å². The van der Waals surface area contributed by atoms with Crippen LogP contribution in [-0.2, 0) is 11.1 Å². The predicted octanol–water partition coefficient (Wildman–Crippen LogP) is 4.30. The topological polar surface area (TPSA) is 106 Å². The summed E-state index contributed by atoms with van der Waals surface area (Å²) in [6.45, 7) is 4.17. The summed E-state index contributed by atoms with van der Waals surface area (Å²) < 4.78 is 0. The Balaban J connectivity index is 1.81. The summed E-state index contributed by atoms with van der Waals surface area (Å²) in [5, 5.41) is 50.1. The number of nitrogens with zero attached hydrogens (tertiary/aromatic N) is 2. The lowest BCUT2D eigenvalue weighted by Crippen LogP contribution is -2.44. The summed E-state index contributed by atoms with van der Waals surface area (Å²) in [6, 6.07) is 9.19. The van der Waals surface area contributed by atoms with Crippen LogP contribution >= 0.6 is 0 Å². The van der Waals surface area contributed by atoms with Gasteiger partial charge in [0.15, 0.2) is 0 Å². The van der Waals surface area contributed by atoms with Crippen molar-refractivity contribution in [1.29, 1.82) is 0 Å². The van der Waals surface area contributed by atoms with Gasteiger partial charge in [0.05, 0.1) is 0 Å². The Morgan fingerprint density at radius 2 is 1.21 bits per heavy atom. The molecule has 1 heterocycles. The van der Waals surface area contributed by atoms with Crippen LogP contribution in [0.4, 0.5) is 0 Å². The largest absolute Gasteiger partial charge is 0.508 e. The molecule has 144 valence electrons. The predicted molar refractivity (Wildman–Crippen MR) is 102 cm³/mol. The van der Waals surface area contributed by atoms with E-state index in [1.54, 1.807) is 24.3 Å². The van der Waals surface area contributed by atoms with E-state index in [9.17, 15) is 20.4 Å². The molecular weight excluding hydrogens is 356 g/mol. The number of rotatable bonds is 2. The first-order valence-electron chi connectivity index (χ1n) is 9.40. The molecule has 6 heteroatoms. The molecule has 0 unspecified atom stereocenters. The van der Waals surface area contributed by atoms with E-state index < -0.39 is 16.5 Å². The molecule has 0 radical (unpaired) electrons. The zero-order valence-electron chi connectivity index (χ0n) is 15.7. The Morgan fingerprint density at radius 3 is 1.75 bits per heavy atom. The second-order valence-electron chi connectivity index (χ2n) is 8.63. The molecular formula is C22H22N2O4. The molecule has 1 aliphatic heterocycles. The molecule has 28 heavy (non-hydrogen) atoms. The van der Waals surface area contributed by atoms with Crippen molar-refractivity contribution in [2.24, 2.45) is 27.5 Å². The van der Waals surface area contributed by atoms with Crippen LogP contribution in [0, 0.1) is 17.3 Å². The molecule has 2 aromatic rings. The Bertz CT molecular complexity index is 1020. The van der Waals surface area contributed by atoms with Crippen molar-refractivity contribution in [2.75, 3.05) is 0 Å². The minimum atomic E-state index is -0.776. The first kappa shape index (κ1) is 17.1. The third kappa shape index (κ3) is 1.74. The highest BCUT2D eigenvalue weighted by atomic mass is 16.3. The first-order chi connectivity index (χ1) is 13.2. The van der Waals surface area contributed by atoms with E-state index in [0.717, 1.165) is 12.0 Å². The highest BCUT2D eigenvalue weighted by molar-refractivity contribution is 5.52. The number of fused-ring (bicyclic) bond motifs is 5. The Hall–Kier alpha value is -3.02. The third-order valence-corrected chi connectivity index (χ3v) is 7.14. The number of hydrogen-bond donors (Lipinski definition) is 4. The zero-order chi connectivity index (χ0) is 19.9. The number of benzene rings is 2. The van der Waals surface area contributed by atoms with Gasteiger partial charge in [-0.3, -0.25) is 0 Å².